The number of rotatable bonds is 1. The van der Waals surface area contributed by atoms with E-state index in [1.165, 1.54) is 0 Å². The Morgan fingerprint density at radius 2 is 2.80 bits per heavy atom. The fourth-order valence-electron chi connectivity index (χ4n) is 0. The minimum Gasteiger partial charge on any atom is -0.368 e. The Morgan fingerprint density at radius 1 is 2.20 bits per heavy atom. The molecule has 32 valence electrons. The standard InChI is InChI=1S/C3H8O2/c1-2-3(4)5/h3-5H,2H2,1H3/i1D,3D. The predicted octanol–water partition coefficient (Wildman–Crippen LogP) is -0.293. The molecule has 5 heavy (non-hydrogen) atoms. The van der Waals surface area contributed by atoms with E-state index in [2.05, 4.69) is 0 Å². The van der Waals surface area contributed by atoms with Crippen LogP contribution in [0.1, 0.15) is 16.1 Å². The van der Waals surface area contributed by atoms with Crippen LogP contribution in [-0.2, 0) is 0 Å². The van der Waals surface area contributed by atoms with Gasteiger partial charge in [0, 0.05) is 1.37 Å². The number of hydrogen-bond acceptors (Lipinski definition) is 2. The van der Waals surface area contributed by atoms with Gasteiger partial charge in [0.15, 0.2) is 6.27 Å². The molecular weight excluding hydrogens is 68.0 g/mol. The smallest absolute Gasteiger partial charge is 0.151 e. The molecule has 0 radical (unpaired) electrons. The number of hydrogen-bond donors (Lipinski definition) is 2. The summed E-state index contributed by atoms with van der Waals surface area (Å²) in [6, 6.07) is 0. The lowest BCUT2D eigenvalue weighted by Crippen LogP contribution is -1.99. The van der Waals surface area contributed by atoms with E-state index >= 15 is 0 Å². The third kappa shape index (κ3) is 3.92. The first-order chi connectivity index (χ1) is 3.06. The highest BCUT2D eigenvalue weighted by molar-refractivity contribution is 4.21. The van der Waals surface area contributed by atoms with Crippen LogP contribution in [0.25, 0.3) is 0 Å². The van der Waals surface area contributed by atoms with Crippen LogP contribution in [0.3, 0.4) is 0 Å². The molecule has 0 spiro atoms. The molecule has 0 aliphatic rings. The van der Waals surface area contributed by atoms with Crippen molar-refractivity contribution in [3.63, 3.8) is 0 Å². The van der Waals surface area contributed by atoms with Crippen molar-refractivity contribution < 1.29 is 13.0 Å². The van der Waals surface area contributed by atoms with Gasteiger partial charge in [0.05, 0.1) is 1.37 Å². The second-order valence-electron chi connectivity index (χ2n) is 0.666. The molecule has 2 N–H and O–H groups in total. The molecule has 0 fully saturated rings. The lowest BCUT2D eigenvalue weighted by Gasteiger charge is -1.90. The van der Waals surface area contributed by atoms with Gasteiger partial charge in [-0.2, -0.15) is 0 Å². The topological polar surface area (TPSA) is 40.5 Å². The highest BCUT2D eigenvalue weighted by atomic mass is 16.5. The molecule has 0 rings (SSSR count). The first-order valence-electron chi connectivity index (χ1n) is 2.51. The van der Waals surface area contributed by atoms with E-state index in [9.17, 15) is 0 Å². The van der Waals surface area contributed by atoms with Crippen LogP contribution in [0, 0.1) is 0 Å². The van der Waals surface area contributed by atoms with Gasteiger partial charge in [-0.1, -0.05) is 6.90 Å². The van der Waals surface area contributed by atoms with Crippen LogP contribution < -0.4 is 0 Å². The average Bonchev–Trinajstić information content (AvgIpc) is 1.30. The predicted molar refractivity (Wildman–Crippen MR) is 18.5 cm³/mol. The van der Waals surface area contributed by atoms with E-state index in [4.69, 9.17) is 13.0 Å². The molecule has 0 atom stereocenters. The average molecular weight is 78.1 g/mol. The second-order valence-corrected chi connectivity index (χ2v) is 0.666. The van der Waals surface area contributed by atoms with Gasteiger partial charge in [0.2, 0.25) is 0 Å². The van der Waals surface area contributed by atoms with Crippen molar-refractivity contribution in [2.45, 2.75) is 19.6 Å². The van der Waals surface area contributed by atoms with Gasteiger partial charge in [-0.25, -0.2) is 0 Å². The van der Waals surface area contributed by atoms with Crippen molar-refractivity contribution in [1.82, 2.24) is 0 Å². The van der Waals surface area contributed by atoms with Crippen LogP contribution in [0.5, 0.6) is 0 Å². The fraction of sp³-hybridized carbons (Fsp3) is 1.00. The molecule has 0 aromatic carbocycles. The maximum absolute atomic E-state index is 8.12. The summed E-state index contributed by atoms with van der Waals surface area (Å²) in [6.45, 7) is -0.128. The van der Waals surface area contributed by atoms with Crippen molar-refractivity contribution in [2.24, 2.45) is 0 Å². The second kappa shape index (κ2) is 2.18. The molecule has 0 saturated carbocycles. The zero-order chi connectivity index (χ0) is 5.91. The summed E-state index contributed by atoms with van der Waals surface area (Å²) in [5.41, 5.74) is 0. The van der Waals surface area contributed by atoms with E-state index in [0.29, 0.717) is 0 Å². The Bertz CT molecular complexity index is 49.4. The van der Waals surface area contributed by atoms with Gasteiger partial charge in [-0.3, -0.25) is 0 Å². The molecule has 0 aromatic rings. The minimum atomic E-state index is -2.39. The molecule has 0 aliphatic carbocycles. The monoisotopic (exact) mass is 78.1 g/mol. The van der Waals surface area contributed by atoms with Crippen LogP contribution in [0.15, 0.2) is 0 Å². The van der Waals surface area contributed by atoms with Crippen molar-refractivity contribution in [3.05, 3.63) is 0 Å². The molecule has 0 bridgehead atoms. The summed E-state index contributed by atoms with van der Waals surface area (Å²) >= 11 is 0. The summed E-state index contributed by atoms with van der Waals surface area (Å²) in [6.07, 6.45) is -2.60. The lowest BCUT2D eigenvalue weighted by atomic mass is 10.5. The zero-order valence-corrected chi connectivity index (χ0v) is 2.81. The molecule has 2 heteroatoms. The quantitative estimate of drug-likeness (QED) is 0.423. The molecular formula is C3H8O2. The Morgan fingerprint density at radius 3 is 2.80 bits per heavy atom. The molecule has 0 saturated heterocycles. The van der Waals surface area contributed by atoms with Gasteiger partial charge in [-0.15, -0.1) is 0 Å². The highest BCUT2D eigenvalue weighted by Gasteiger charge is 1.83. The van der Waals surface area contributed by atoms with Gasteiger partial charge < -0.3 is 10.2 Å². The minimum absolute atomic E-state index is 0.128. The Kier molecular flexibility index (Phi) is 0.938. The third-order valence-electron chi connectivity index (χ3n) is 0.224. The van der Waals surface area contributed by atoms with E-state index in [-0.39, 0.29) is 13.3 Å². The molecule has 0 unspecified atom stereocenters. The van der Waals surface area contributed by atoms with Crippen LogP contribution in [-0.4, -0.2) is 16.5 Å². The Labute approximate surface area is 33.9 Å². The SMILES string of the molecule is [2H]CCC([2H])(O)O. The number of aliphatic hydroxyl groups is 2. The van der Waals surface area contributed by atoms with Crippen LogP contribution in [0.4, 0.5) is 0 Å². The van der Waals surface area contributed by atoms with Crippen molar-refractivity contribution in [3.8, 4) is 0 Å². The van der Waals surface area contributed by atoms with Gasteiger partial charge in [0.25, 0.3) is 0 Å². The van der Waals surface area contributed by atoms with Crippen molar-refractivity contribution in [1.29, 1.82) is 0 Å². The fourth-order valence-corrected chi connectivity index (χ4v) is 0. The molecule has 0 amide bonds. The van der Waals surface area contributed by atoms with E-state index in [0.717, 1.165) is 0 Å². The Hall–Kier alpha value is -0.0800. The molecule has 0 aromatic heterocycles. The summed E-state index contributed by atoms with van der Waals surface area (Å²) in [5, 5.41) is 16.2. The maximum atomic E-state index is 8.12. The molecule has 2 nitrogen and oxygen atoms in total. The van der Waals surface area contributed by atoms with Gasteiger partial charge in [0.1, 0.15) is 0 Å². The zero-order valence-electron chi connectivity index (χ0n) is 4.81. The molecule has 0 heterocycles. The lowest BCUT2D eigenvalue weighted by molar-refractivity contribution is -0.0413. The van der Waals surface area contributed by atoms with Gasteiger partial charge >= 0.3 is 0 Å². The van der Waals surface area contributed by atoms with Crippen molar-refractivity contribution in [2.75, 3.05) is 0 Å². The maximum Gasteiger partial charge on any atom is 0.151 e. The van der Waals surface area contributed by atoms with Crippen LogP contribution >= 0.6 is 0 Å². The Balaban J connectivity index is 3.15. The third-order valence-corrected chi connectivity index (χ3v) is 0.224. The summed E-state index contributed by atoms with van der Waals surface area (Å²) in [4.78, 5) is 0. The first kappa shape index (κ1) is 2.16. The summed E-state index contributed by atoms with van der Waals surface area (Å²) < 4.78 is 12.7. The van der Waals surface area contributed by atoms with Crippen LogP contribution in [0.2, 0.25) is 0 Å². The van der Waals surface area contributed by atoms with Crippen molar-refractivity contribution >= 4 is 0 Å². The van der Waals surface area contributed by atoms with E-state index < -0.39 is 6.27 Å². The molecule has 0 aliphatic heterocycles. The van der Waals surface area contributed by atoms with Gasteiger partial charge in [-0.05, 0) is 6.42 Å². The van der Waals surface area contributed by atoms with E-state index in [1.807, 2.05) is 0 Å². The largest absolute Gasteiger partial charge is 0.368 e. The summed E-state index contributed by atoms with van der Waals surface area (Å²) in [5.74, 6) is 0. The first-order valence-corrected chi connectivity index (χ1v) is 1.30. The summed E-state index contributed by atoms with van der Waals surface area (Å²) in [7, 11) is 0. The highest BCUT2D eigenvalue weighted by Crippen LogP contribution is 1.77. The van der Waals surface area contributed by atoms with E-state index in [1.54, 1.807) is 0 Å². The normalized spacial score (nSPS) is 17.2.